The van der Waals surface area contributed by atoms with Gasteiger partial charge in [0.25, 0.3) is 0 Å². The largest absolute Gasteiger partial charge is 0.419 e. The highest BCUT2D eigenvalue weighted by Crippen LogP contribution is 2.35. The third-order valence-electron chi connectivity index (χ3n) is 6.95. The number of ether oxygens (including phenoxy) is 4. The van der Waals surface area contributed by atoms with Crippen molar-refractivity contribution in [3.05, 3.63) is 144 Å². The zero-order chi connectivity index (χ0) is 37.4. The second kappa shape index (κ2) is 16.1. The Balaban J connectivity index is 1.57. The van der Waals surface area contributed by atoms with Crippen molar-refractivity contribution < 1.29 is 42.5 Å². The van der Waals surface area contributed by atoms with E-state index in [0.717, 1.165) is 11.1 Å². The van der Waals surface area contributed by atoms with Gasteiger partial charge < -0.3 is 18.9 Å². The molecule has 0 N–H and O–H groups in total. The van der Waals surface area contributed by atoms with Gasteiger partial charge in [0.15, 0.2) is 23.0 Å². The summed E-state index contributed by atoms with van der Waals surface area (Å²) >= 11 is 0. The smallest absolute Gasteiger partial charge is 0.338 e. The number of hydrogen-bond acceptors (Lipinski definition) is 8. The number of hydrogen-bond donors (Lipinski definition) is 0. The van der Waals surface area contributed by atoms with Gasteiger partial charge in [-0.3, -0.25) is 0 Å². The van der Waals surface area contributed by atoms with E-state index < -0.39 is 29.7 Å². The molecule has 8 nitrogen and oxygen atoms in total. The topological polar surface area (TPSA) is 105 Å². The molecular weight excluding hydrogens is 651 g/mol. The molecule has 9 heteroatoms. The van der Waals surface area contributed by atoms with Crippen molar-refractivity contribution in [3.63, 3.8) is 0 Å². The molecule has 256 valence electrons. The molecule has 0 spiro atoms. The van der Waals surface area contributed by atoms with E-state index in [1.807, 2.05) is 12.1 Å². The minimum absolute atomic E-state index is 0.0162. The predicted octanol–water partition coefficient (Wildman–Crippen LogP) is 8.49. The third-order valence-corrected chi connectivity index (χ3v) is 6.95. The molecule has 0 radical (unpaired) electrons. The maximum atomic E-state index is 15.3. The first-order chi connectivity index (χ1) is 24.1. The van der Waals surface area contributed by atoms with E-state index in [-0.39, 0.29) is 50.9 Å². The van der Waals surface area contributed by atoms with Gasteiger partial charge in [-0.15, -0.1) is 0 Å². The fourth-order valence-corrected chi connectivity index (χ4v) is 4.14. The maximum Gasteiger partial charge on any atom is 0.338 e. The van der Waals surface area contributed by atoms with Crippen LogP contribution in [-0.2, 0) is 19.2 Å². The monoisotopic (exact) mass is 684 g/mol. The Labute approximate surface area is 295 Å². The lowest BCUT2D eigenvalue weighted by Crippen LogP contribution is -2.12. The normalized spacial score (nSPS) is 10.1. The van der Waals surface area contributed by atoms with Gasteiger partial charge >= 0.3 is 23.9 Å². The maximum absolute atomic E-state index is 15.3. The van der Waals surface area contributed by atoms with Crippen molar-refractivity contribution in [2.75, 3.05) is 0 Å². The molecule has 51 heavy (non-hydrogen) atoms. The second-order valence-corrected chi connectivity index (χ2v) is 11.5. The quantitative estimate of drug-likeness (QED) is 0.0709. The van der Waals surface area contributed by atoms with Crippen LogP contribution in [0.3, 0.4) is 0 Å². The predicted molar refractivity (Wildman–Crippen MR) is 191 cm³/mol. The molecule has 4 rings (SSSR count). The number of carbonyl (C=O) groups excluding carboxylic acids is 4. The molecule has 0 aliphatic rings. The van der Waals surface area contributed by atoms with Gasteiger partial charge in [-0.2, -0.15) is 0 Å². The van der Waals surface area contributed by atoms with Crippen molar-refractivity contribution in [1.29, 1.82) is 0 Å². The summed E-state index contributed by atoms with van der Waals surface area (Å²) in [4.78, 5) is 48.7. The van der Waals surface area contributed by atoms with Crippen molar-refractivity contribution in [2.24, 2.45) is 0 Å². The Morgan fingerprint density at radius 2 is 0.843 bits per heavy atom. The van der Waals surface area contributed by atoms with Crippen molar-refractivity contribution in [1.82, 2.24) is 0 Å². The van der Waals surface area contributed by atoms with Crippen LogP contribution in [0.4, 0.5) is 4.39 Å². The zero-order valence-electron chi connectivity index (χ0n) is 28.5. The summed E-state index contributed by atoms with van der Waals surface area (Å²) in [5.41, 5.74) is 3.86. The van der Waals surface area contributed by atoms with Crippen LogP contribution < -0.4 is 18.9 Å². The average molecular weight is 685 g/mol. The first-order valence-corrected chi connectivity index (χ1v) is 15.3. The standard InChI is InChI=1S/C42H33FO8/c1-24(2)39(44)48-35-19-10-28(21-37(35)50-41(46)26(5)6)9-11-31-16-17-32(22-34(31)43)29-12-14-30(15-13-29)33-18-20-36(49-40(45)25(3)4)38(23-33)51-42(47)27(7)8/h10,12-23H,1,3,5,7H2,2,4,6,8H3. The highest BCUT2D eigenvalue weighted by molar-refractivity contribution is 5.92. The molecule has 0 atom stereocenters. The summed E-state index contributed by atoms with van der Waals surface area (Å²) in [5.74, 6) is 2.29. The zero-order valence-corrected chi connectivity index (χ0v) is 28.5. The van der Waals surface area contributed by atoms with Crippen LogP contribution in [0, 0.1) is 17.7 Å². The Hall–Kier alpha value is -6.79. The van der Waals surface area contributed by atoms with Crippen LogP contribution in [0.15, 0.2) is 127 Å². The second-order valence-electron chi connectivity index (χ2n) is 11.5. The lowest BCUT2D eigenvalue weighted by atomic mass is 9.99. The van der Waals surface area contributed by atoms with E-state index in [9.17, 15) is 19.2 Å². The number of halogens is 1. The summed E-state index contributed by atoms with van der Waals surface area (Å²) in [5, 5.41) is 0. The fourth-order valence-electron chi connectivity index (χ4n) is 4.14. The van der Waals surface area contributed by atoms with Crippen LogP contribution in [0.2, 0.25) is 0 Å². The van der Waals surface area contributed by atoms with E-state index in [0.29, 0.717) is 16.7 Å². The molecule has 0 heterocycles. The van der Waals surface area contributed by atoms with Gasteiger partial charge in [0.2, 0.25) is 0 Å². The molecule has 0 aliphatic heterocycles. The van der Waals surface area contributed by atoms with Crippen molar-refractivity contribution >= 4 is 23.9 Å². The van der Waals surface area contributed by atoms with E-state index in [2.05, 4.69) is 38.2 Å². The molecule has 4 aromatic carbocycles. The minimum Gasteiger partial charge on any atom is -0.419 e. The third kappa shape index (κ3) is 9.65. The SMILES string of the molecule is C=C(C)C(=O)Oc1ccc(C#Cc2ccc(-c3ccc(-c4ccc(OC(=O)C(=C)C)c(OC(=O)C(=C)C)c4)cc3)cc2F)cc1OC(=O)C(=C)C. The highest BCUT2D eigenvalue weighted by Gasteiger charge is 2.18. The van der Waals surface area contributed by atoms with Crippen molar-refractivity contribution in [2.45, 2.75) is 27.7 Å². The molecule has 0 saturated carbocycles. The van der Waals surface area contributed by atoms with Crippen LogP contribution >= 0.6 is 0 Å². The average Bonchev–Trinajstić information content (AvgIpc) is 3.09. The summed E-state index contributed by atoms with van der Waals surface area (Å²) in [6.45, 7) is 20.2. The molecule has 4 aromatic rings. The first-order valence-electron chi connectivity index (χ1n) is 15.3. The number of esters is 4. The molecule has 0 unspecified atom stereocenters. The van der Waals surface area contributed by atoms with Gasteiger partial charge in [-0.25, -0.2) is 23.6 Å². The van der Waals surface area contributed by atoms with Gasteiger partial charge in [0, 0.05) is 33.9 Å². The lowest BCUT2D eigenvalue weighted by Gasteiger charge is -2.13. The molecule has 0 amide bonds. The van der Waals surface area contributed by atoms with E-state index in [1.165, 1.54) is 58.0 Å². The Kier molecular flexibility index (Phi) is 11.7. The van der Waals surface area contributed by atoms with E-state index in [1.54, 1.807) is 36.4 Å². The summed E-state index contributed by atoms with van der Waals surface area (Å²) in [6, 6.07) is 21.0. The number of benzene rings is 4. The fraction of sp³-hybridized carbons (Fsp3) is 0.0952. The lowest BCUT2D eigenvalue weighted by molar-refractivity contribution is -0.132. The molecule has 0 aromatic heterocycles. The molecule has 0 aliphatic carbocycles. The first kappa shape index (κ1) is 37.0. The summed E-state index contributed by atoms with van der Waals surface area (Å²) < 4.78 is 36.6. The van der Waals surface area contributed by atoms with E-state index in [4.69, 9.17) is 18.9 Å². The number of rotatable bonds is 10. The summed E-state index contributed by atoms with van der Waals surface area (Å²) in [7, 11) is 0. The Morgan fingerprint density at radius 1 is 0.471 bits per heavy atom. The van der Waals surface area contributed by atoms with Crippen LogP contribution in [0.1, 0.15) is 38.8 Å². The Bertz CT molecular complexity index is 2200. The summed E-state index contributed by atoms with van der Waals surface area (Å²) in [6.07, 6.45) is 0. The number of carbonyl (C=O) groups is 4. The van der Waals surface area contributed by atoms with Gasteiger partial charge in [-0.05, 0) is 86.3 Å². The molecule has 0 bridgehead atoms. The Morgan fingerprint density at radius 3 is 1.29 bits per heavy atom. The van der Waals surface area contributed by atoms with Crippen molar-refractivity contribution in [3.8, 4) is 57.1 Å². The molecule has 0 saturated heterocycles. The minimum atomic E-state index is -0.726. The molecule has 0 fully saturated rings. The van der Waals surface area contributed by atoms with Gasteiger partial charge in [-0.1, -0.05) is 74.6 Å². The van der Waals surface area contributed by atoms with E-state index >= 15 is 4.39 Å². The van der Waals surface area contributed by atoms with Crippen LogP contribution in [-0.4, -0.2) is 23.9 Å². The van der Waals surface area contributed by atoms with Gasteiger partial charge in [0.05, 0.1) is 5.56 Å². The molecular formula is C42H33FO8. The van der Waals surface area contributed by atoms with Crippen LogP contribution in [0.25, 0.3) is 22.3 Å². The van der Waals surface area contributed by atoms with Crippen LogP contribution in [0.5, 0.6) is 23.0 Å². The van der Waals surface area contributed by atoms with Gasteiger partial charge in [0.1, 0.15) is 5.82 Å². The highest BCUT2D eigenvalue weighted by atomic mass is 19.1.